The standard InChI is InChI=1S/C32H22N2O10S2/c33-18-3-9-24-29(13-18)44-30-14-19(34)4-10-25(30)31(24)27-15-20(5-11-23(27)32(35)36)43-28-12-8-22(46(40,41)42)16-26(28)17-1-6-21(7-2-17)45(37,38)39/h1-16,33H,34H2,(H,35,36)(H,37,38,39)(H,40,41,42). The van der Waals surface area contributed by atoms with E-state index in [9.17, 15) is 35.8 Å². The molecule has 0 unspecified atom stereocenters. The number of carbonyl (C=O) groups is 1. The van der Waals surface area contributed by atoms with Gasteiger partial charge in [-0.15, -0.1) is 0 Å². The average Bonchev–Trinajstić information content (AvgIpc) is 2.99. The fourth-order valence-electron chi connectivity index (χ4n) is 5.09. The van der Waals surface area contributed by atoms with Gasteiger partial charge in [0, 0.05) is 45.5 Å². The molecule has 0 bridgehead atoms. The summed E-state index contributed by atoms with van der Waals surface area (Å²) in [6.45, 7) is 0. The zero-order valence-electron chi connectivity index (χ0n) is 23.3. The van der Waals surface area contributed by atoms with Gasteiger partial charge < -0.3 is 25.4 Å². The van der Waals surface area contributed by atoms with Crippen molar-refractivity contribution in [1.82, 2.24) is 0 Å². The van der Waals surface area contributed by atoms with E-state index in [0.717, 1.165) is 24.3 Å². The molecule has 0 saturated heterocycles. The number of hydrogen-bond donors (Lipinski definition) is 5. The Morgan fingerprint density at radius 2 is 1.43 bits per heavy atom. The largest absolute Gasteiger partial charge is 0.478 e. The summed E-state index contributed by atoms with van der Waals surface area (Å²) in [6.07, 6.45) is 0. The van der Waals surface area contributed by atoms with Crippen molar-refractivity contribution < 1.29 is 45.0 Å². The number of rotatable bonds is 7. The van der Waals surface area contributed by atoms with Crippen molar-refractivity contribution in [1.29, 1.82) is 5.41 Å². The summed E-state index contributed by atoms with van der Waals surface area (Å²) in [5.74, 6) is -0.691. The maximum absolute atomic E-state index is 12.5. The highest BCUT2D eigenvalue weighted by Crippen LogP contribution is 2.44. The number of hydrogen-bond acceptors (Lipinski definition) is 9. The van der Waals surface area contributed by atoms with Crippen LogP contribution in [0.3, 0.4) is 0 Å². The van der Waals surface area contributed by atoms with Gasteiger partial charge in [0.1, 0.15) is 22.8 Å². The van der Waals surface area contributed by atoms with E-state index >= 15 is 0 Å². The Morgan fingerprint density at radius 3 is 2.11 bits per heavy atom. The molecule has 12 nitrogen and oxygen atoms in total. The minimum absolute atomic E-state index is 0.0735. The summed E-state index contributed by atoms with van der Waals surface area (Å²) < 4.78 is 78.3. The molecule has 6 rings (SSSR count). The van der Waals surface area contributed by atoms with E-state index in [0.29, 0.717) is 33.5 Å². The Bertz CT molecular complexity index is 2450. The van der Waals surface area contributed by atoms with Crippen molar-refractivity contribution in [2.24, 2.45) is 0 Å². The van der Waals surface area contributed by atoms with Gasteiger partial charge in [0.2, 0.25) is 0 Å². The molecule has 2 aliphatic rings. The molecule has 4 aromatic carbocycles. The molecular formula is C32H22N2O10S2. The minimum atomic E-state index is -4.65. The van der Waals surface area contributed by atoms with Gasteiger partial charge in [-0.05, 0) is 78.4 Å². The lowest BCUT2D eigenvalue weighted by atomic mass is 9.90. The Morgan fingerprint density at radius 1 is 0.739 bits per heavy atom. The molecule has 0 amide bonds. The molecule has 0 radical (unpaired) electrons. The van der Waals surface area contributed by atoms with Crippen LogP contribution in [0.25, 0.3) is 44.5 Å². The number of carboxylic acid groups (broad SMARTS) is 1. The molecule has 6 N–H and O–H groups in total. The highest BCUT2D eigenvalue weighted by Gasteiger charge is 2.23. The van der Waals surface area contributed by atoms with Crippen LogP contribution in [0.1, 0.15) is 10.4 Å². The third kappa shape index (κ3) is 5.80. The van der Waals surface area contributed by atoms with E-state index in [1.54, 1.807) is 30.3 Å². The number of ether oxygens (including phenoxy) is 1. The second kappa shape index (κ2) is 11.1. The molecular weight excluding hydrogens is 636 g/mol. The van der Waals surface area contributed by atoms with Crippen LogP contribution in [-0.2, 0) is 20.2 Å². The van der Waals surface area contributed by atoms with Crippen LogP contribution in [0.5, 0.6) is 11.5 Å². The van der Waals surface area contributed by atoms with Gasteiger partial charge in [-0.3, -0.25) is 9.11 Å². The first-order valence-electron chi connectivity index (χ1n) is 13.2. The van der Waals surface area contributed by atoms with Crippen molar-refractivity contribution in [2.75, 3.05) is 5.73 Å². The molecule has 0 fully saturated rings. The third-order valence-corrected chi connectivity index (χ3v) is 8.89. The number of aromatic carboxylic acids is 1. The van der Waals surface area contributed by atoms with Crippen molar-refractivity contribution >= 4 is 42.9 Å². The van der Waals surface area contributed by atoms with Gasteiger partial charge in [0.15, 0.2) is 0 Å². The maximum Gasteiger partial charge on any atom is 0.336 e. The van der Waals surface area contributed by atoms with Crippen LogP contribution in [-0.4, -0.2) is 37.0 Å². The molecule has 1 heterocycles. The zero-order chi connectivity index (χ0) is 33.0. The summed E-state index contributed by atoms with van der Waals surface area (Å²) in [6, 6.07) is 22.2. The predicted molar refractivity (Wildman–Crippen MR) is 167 cm³/mol. The van der Waals surface area contributed by atoms with Gasteiger partial charge in [-0.2, -0.15) is 16.8 Å². The average molecular weight is 659 g/mol. The van der Waals surface area contributed by atoms with Crippen molar-refractivity contribution in [3.63, 3.8) is 0 Å². The van der Waals surface area contributed by atoms with Crippen molar-refractivity contribution in [3.05, 3.63) is 108 Å². The highest BCUT2D eigenvalue weighted by molar-refractivity contribution is 7.86. The number of carboxylic acids is 1. The van der Waals surface area contributed by atoms with Crippen LogP contribution in [0.2, 0.25) is 0 Å². The molecule has 46 heavy (non-hydrogen) atoms. The van der Waals surface area contributed by atoms with Gasteiger partial charge in [0.05, 0.1) is 20.7 Å². The number of nitrogens with one attached hydrogen (secondary N) is 1. The van der Waals surface area contributed by atoms with Gasteiger partial charge in [0.25, 0.3) is 20.2 Å². The maximum atomic E-state index is 12.5. The first-order valence-corrected chi connectivity index (χ1v) is 16.1. The molecule has 14 heteroatoms. The second-order valence-corrected chi connectivity index (χ2v) is 13.0. The Hall–Kier alpha value is -5.54. The molecule has 0 spiro atoms. The van der Waals surface area contributed by atoms with Gasteiger partial charge >= 0.3 is 5.97 Å². The fourth-order valence-corrected chi connectivity index (χ4v) is 6.08. The lowest BCUT2D eigenvalue weighted by Crippen LogP contribution is -2.04. The zero-order valence-corrected chi connectivity index (χ0v) is 25.0. The lowest BCUT2D eigenvalue weighted by Gasteiger charge is -2.18. The Kier molecular flexibility index (Phi) is 7.37. The predicted octanol–water partition coefficient (Wildman–Crippen LogP) is 5.92. The van der Waals surface area contributed by atoms with Gasteiger partial charge in [-0.25, -0.2) is 4.79 Å². The molecule has 232 valence electrons. The molecule has 0 saturated carbocycles. The SMILES string of the molecule is N=c1ccc2c(-c3cc(Oc4ccc(S(=O)(=O)O)cc4-c4ccc(S(=O)(=O)O)cc4)ccc3C(=O)O)c3ccc(N)cc3oc-2c1. The van der Waals surface area contributed by atoms with Gasteiger partial charge in [-0.1, -0.05) is 12.1 Å². The van der Waals surface area contributed by atoms with Crippen molar-refractivity contribution in [3.8, 4) is 45.1 Å². The van der Waals surface area contributed by atoms with E-state index in [2.05, 4.69) is 0 Å². The number of anilines is 1. The molecule has 4 aromatic rings. The number of nitrogen functional groups attached to an aromatic ring is 1. The van der Waals surface area contributed by atoms with E-state index in [-0.39, 0.29) is 39.1 Å². The van der Waals surface area contributed by atoms with E-state index < -0.39 is 36.0 Å². The first kappa shape index (κ1) is 30.5. The molecule has 1 aliphatic heterocycles. The van der Waals surface area contributed by atoms with Crippen LogP contribution < -0.4 is 15.8 Å². The van der Waals surface area contributed by atoms with Crippen LogP contribution >= 0.6 is 0 Å². The van der Waals surface area contributed by atoms with Crippen molar-refractivity contribution in [2.45, 2.75) is 9.79 Å². The number of benzene rings is 5. The molecule has 1 aliphatic carbocycles. The van der Waals surface area contributed by atoms with E-state index in [1.165, 1.54) is 42.5 Å². The fraction of sp³-hybridized carbons (Fsp3) is 0. The minimum Gasteiger partial charge on any atom is -0.478 e. The third-order valence-electron chi connectivity index (χ3n) is 7.18. The van der Waals surface area contributed by atoms with Crippen LogP contribution in [0, 0.1) is 5.41 Å². The van der Waals surface area contributed by atoms with Crippen LogP contribution in [0.15, 0.2) is 111 Å². The monoisotopic (exact) mass is 658 g/mol. The Labute approximate surface area is 261 Å². The summed E-state index contributed by atoms with van der Waals surface area (Å²) >= 11 is 0. The summed E-state index contributed by atoms with van der Waals surface area (Å²) in [5, 5.41) is 18.9. The smallest absolute Gasteiger partial charge is 0.336 e. The summed E-state index contributed by atoms with van der Waals surface area (Å²) in [5.41, 5.74) is 8.33. The quantitative estimate of drug-likeness (QED) is 0.0770. The van der Waals surface area contributed by atoms with Crippen LogP contribution in [0.4, 0.5) is 5.69 Å². The topological polar surface area (TPSA) is 218 Å². The second-order valence-electron chi connectivity index (χ2n) is 10.2. The molecule has 0 atom stereocenters. The summed E-state index contributed by atoms with van der Waals surface area (Å²) in [4.78, 5) is 11.6. The number of nitrogens with two attached hydrogens (primary N) is 1. The normalized spacial score (nSPS) is 12.0. The highest BCUT2D eigenvalue weighted by atomic mass is 32.2. The van der Waals surface area contributed by atoms with E-state index in [4.69, 9.17) is 20.3 Å². The molecule has 0 aromatic heterocycles. The first-order chi connectivity index (χ1) is 21.7. The summed E-state index contributed by atoms with van der Waals surface area (Å²) in [7, 11) is -9.16. The van der Waals surface area contributed by atoms with E-state index in [1.807, 2.05) is 0 Å². The lowest BCUT2D eigenvalue weighted by molar-refractivity contribution is 0.0697. The number of fused-ring (bicyclic) bond motifs is 2. The Balaban J connectivity index is 1.55.